The zero-order valence-corrected chi connectivity index (χ0v) is 11.9. The van der Waals surface area contributed by atoms with Gasteiger partial charge in [-0.2, -0.15) is 5.10 Å². The molecule has 0 amide bonds. The summed E-state index contributed by atoms with van der Waals surface area (Å²) in [5.74, 6) is 1.44. The fourth-order valence-corrected chi connectivity index (χ4v) is 3.45. The second kappa shape index (κ2) is 4.87. The topological polar surface area (TPSA) is 43.6 Å². The van der Waals surface area contributed by atoms with E-state index in [1.54, 1.807) is 34.0 Å². The van der Waals surface area contributed by atoms with Crippen LogP contribution in [0.4, 0.5) is 0 Å². The molecule has 0 aliphatic carbocycles. The summed E-state index contributed by atoms with van der Waals surface area (Å²) >= 11 is 9.55. The lowest BCUT2D eigenvalue weighted by Gasteiger charge is -2.01. The van der Waals surface area contributed by atoms with Crippen molar-refractivity contribution < 1.29 is 0 Å². The van der Waals surface area contributed by atoms with Crippen molar-refractivity contribution >= 4 is 45.7 Å². The molecule has 0 aliphatic rings. The van der Waals surface area contributed by atoms with Gasteiger partial charge in [-0.3, -0.25) is 4.68 Å². The van der Waals surface area contributed by atoms with Crippen molar-refractivity contribution in [1.82, 2.24) is 19.7 Å². The first-order valence-corrected chi connectivity index (χ1v) is 7.49. The Morgan fingerprint density at radius 2 is 2.33 bits per heavy atom. The Bertz CT molecular complexity index is 678. The van der Waals surface area contributed by atoms with Crippen LogP contribution in [0, 0.1) is 0 Å². The summed E-state index contributed by atoms with van der Waals surface area (Å²) in [4.78, 5) is 8.78. The van der Waals surface area contributed by atoms with Gasteiger partial charge in [0.25, 0.3) is 0 Å². The van der Waals surface area contributed by atoms with Crippen molar-refractivity contribution in [3.8, 4) is 0 Å². The Balaban J connectivity index is 1.90. The van der Waals surface area contributed by atoms with Gasteiger partial charge in [0.05, 0.1) is 21.5 Å². The average molecular weight is 297 g/mol. The molecule has 0 saturated heterocycles. The molecule has 4 nitrogen and oxygen atoms in total. The molecule has 0 unspecified atom stereocenters. The number of thiophene rings is 1. The highest BCUT2D eigenvalue weighted by Gasteiger charge is 2.10. The standard InChI is InChI=1S/C11H9ClN4S2/c1-16-11-7(5-13-16)10(12)14-8(15-11)6-18-9-3-2-4-17-9/h2-5H,6H2,1H3. The van der Waals surface area contributed by atoms with Crippen LogP contribution in [0.2, 0.25) is 5.15 Å². The Hall–Kier alpha value is -1.11. The molecule has 7 heteroatoms. The van der Waals surface area contributed by atoms with Gasteiger partial charge in [0.1, 0.15) is 11.0 Å². The number of fused-ring (bicyclic) bond motifs is 1. The van der Waals surface area contributed by atoms with Gasteiger partial charge in [-0.25, -0.2) is 9.97 Å². The molecule has 3 heterocycles. The number of rotatable bonds is 3. The SMILES string of the molecule is Cn1ncc2c(Cl)nc(CSc3cccs3)nc21. The van der Waals surface area contributed by atoms with Gasteiger partial charge in [-0.05, 0) is 11.4 Å². The quantitative estimate of drug-likeness (QED) is 0.549. The van der Waals surface area contributed by atoms with E-state index in [-0.39, 0.29) is 0 Å². The van der Waals surface area contributed by atoms with E-state index >= 15 is 0 Å². The third-order valence-corrected chi connectivity index (χ3v) is 4.85. The van der Waals surface area contributed by atoms with E-state index in [1.165, 1.54) is 4.21 Å². The van der Waals surface area contributed by atoms with Crippen LogP contribution in [0.15, 0.2) is 27.9 Å². The van der Waals surface area contributed by atoms with E-state index in [1.807, 2.05) is 13.1 Å². The molecular weight excluding hydrogens is 288 g/mol. The fourth-order valence-electron chi connectivity index (χ4n) is 1.58. The lowest BCUT2D eigenvalue weighted by Crippen LogP contribution is -1.98. The van der Waals surface area contributed by atoms with E-state index in [0.717, 1.165) is 16.9 Å². The summed E-state index contributed by atoms with van der Waals surface area (Å²) in [6.45, 7) is 0. The molecule has 0 fully saturated rings. The van der Waals surface area contributed by atoms with Crippen molar-refractivity contribution in [3.05, 3.63) is 34.7 Å². The largest absolute Gasteiger partial charge is 0.250 e. The molecular formula is C11H9ClN4S2. The number of aryl methyl sites for hydroxylation is 1. The highest BCUT2D eigenvalue weighted by Crippen LogP contribution is 2.27. The zero-order chi connectivity index (χ0) is 12.5. The number of halogens is 1. The highest BCUT2D eigenvalue weighted by molar-refractivity contribution is 8.00. The van der Waals surface area contributed by atoms with E-state index in [2.05, 4.69) is 26.5 Å². The third-order valence-electron chi connectivity index (χ3n) is 2.43. The Kier molecular flexibility index (Phi) is 3.23. The molecule has 3 aromatic heterocycles. The first-order valence-electron chi connectivity index (χ1n) is 5.24. The number of aromatic nitrogens is 4. The fraction of sp³-hybridized carbons (Fsp3) is 0.182. The first kappa shape index (κ1) is 12.0. The van der Waals surface area contributed by atoms with Gasteiger partial charge in [0, 0.05) is 7.05 Å². The van der Waals surface area contributed by atoms with Gasteiger partial charge < -0.3 is 0 Å². The Morgan fingerprint density at radius 3 is 3.11 bits per heavy atom. The van der Waals surface area contributed by atoms with Crippen LogP contribution in [0.25, 0.3) is 11.0 Å². The zero-order valence-electron chi connectivity index (χ0n) is 9.50. The lowest BCUT2D eigenvalue weighted by atomic mass is 10.4. The normalized spacial score (nSPS) is 11.2. The molecule has 0 N–H and O–H groups in total. The van der Waals surface area contributed by atoms with Crippen LogP contribution in [0.5, 0.6) is 0 Å². The van der Waals surface area contributed by atoms with Crippen LogP contribution >= 0.6 is 34.7 Å². The van der Waals surface area contributed by atoms with E-state index in [9.17, 15) is 0 Å². The molecule has 18 heavy (non-hydrogen) atoms. The molecule has 0 spiro atoms. The molecule has 0 aromatic carbocycles. The average Bonchev–Trinajstić information content (AvgIpc) is 2.98. The van der Waals surface area contributed by atoms with Crippen LogP contribution in [-0.2, 0) is 12.8 Å². The summed E-state index contributed by atoms with van der Waals surface area (Å²) in [5, 5.41) is 7.45. The van der Waals surface area contributed by atoms with Gasteiger partial charge in [-0.15, -0.1) is 23.1 Å². The number of hydrogen-bond acceptors (Lipinski definition) is 5. The second-order valence-corrected chi connectivity index (χ2v) is 6.24. The van der Waals surface area contributed by atoms with Gasteiger partial charge in [-0.1, -0.05) is 17.7 Å². The summed E-state index contributed by atoms with van der Waals surface area (Å²) in [5.41, 5.74) is 0.775. The lowest BCUT2D eigenvalue weighted by molar-refractivity contribution is 0.782. The van der Waals surface area contributed by atoms with Gasteiger partial charge in [0.2, 0.25) is 0 Å². The van der Waals surface area contributed by atoms with E-state index < -0.39 is 0 Å². The van der Waals surface area contributed by atoms with Gasteiger partial charge >= 0.3 is 0 Å². The molecule has 0 aliphatic heterocycles. The first-order chi connectivity index (χ1) is 8.74. The molecule has 0 saturated carbocycles. The van der Waals surface area contributed by atoms with Crippen molar-refractivity contribution in [2.24, 2.45) is 7.05 Å². The minimum Gasteiger partial charge on any atom is -0.250 e. The van der Waals surface area contributed by atoms with Crippen LogP contribution in [-0.4, -0.2) is 19.7 Å². The number of hydrogen-bond donors (Lipinski definition) is 0. The van der Waals surface area contributed by atoms with Crippen molar-refractivity contribution in [1.29, 1.82) is 0 Å². The predicted octanol–water partition coefficient (Wildman–Crippen LogP) is 3.37. The molecule has 3 rings (SSSR count). The monoisotopic (exact) mass is 296 g/mol. The smallest absolute Gasteiger partial charge is 0.162 e. The highest BCUT2D eigenvalue weighted by atomic mass is 35.5. The molecule has 0 atom stereocenters. The molecule has 92 valence electrons. The number of thioether (sulfide) groups is 1. The van der Waals surface area contributed by atoms with Crippen molar-refractivity contribution in [3.63, 3.8) is 0 Å². The summed E-state index contributed by atoms with van der Waals surface area (Å²) in [6.07, 6.45) is 1.69. The maximum absolute atomic E-state index is 6.13. The molecule has 0 bridgehead atoms. The van der Waals surface area contributed by atoms with E-state index in [4.69, 9.17) is 11.6 Å². The maximum atomic E-state index is 6.13. The molecule has 0 radical (unpaired) electrons. The summed E-state index contributed by atoms with van der Waals surface area (Å²) in [6, 6.07) is 4.12. The van der Waals surface area contributed by atoms with Crippen molar-refractivity contribution in [2.75, 3.05) is 0 Å². The summed E-state index contributed by atoms with van der Waals surface area (Å²) in [7, 11) is 1.85. The number of nitrogens with zero attached hydrogens (tertiary/aromatic N) is 4. The van der Waals surface area contributed by atoms with Crippen LogP contribution in [0.1, 0.15) is 5.82 Å². The van der Waals surface area contributed by atoms with Gasteiger partial charge in [0.15, 0.2) is 5.65 Å². The van der Waals surface area contributed by atoms with Crippen LogP contribution < -0.4 is 0 Å². The minimum atomic E-state index is 0.467. The Morgan fingerprint density at radius 1 is 1.44 bits per heavy atom. The van der Waals surface area contributed by atoms with Crippen LogP contribution in [0.3, 0.4) is 0 Å². The van der Waals surface area contributed by atoms with E-state index in [0.29, 0.717) is 10.9 Å². The summed E-state index contributed by atoms with van der Waals surface area (Å²) < 4.78 is 2.96. The predicted molar refractivity (Wildman–Crippen MR) is 75.2 cm³/mol. The minimum absolute atomic E-state index is 0.467. The third kappa shape index (κ3) is 2.23. The second-order valence-electron chi connectivity index (χ2n) is 3.66. The Labute approximate surface area is 117 Å². The molecule has 3 aromatic rings. The maximum Gasteiger partial charge on any atom is 0.162 e. The van der Waals surface area contributed by atoms with Crippen molar-refractivity contribution in [2.45, 2.75) is 9.96 Å².